The van der Waals surface area contributed by atoms with Crippen LogP contribution in [0.4, 0.5) is 5.13 Å². The maximum atomic E-state index is 5.95. The Labute approximate surface area is 176 Å². The Kier molecular flexibility index (Phi) is 6.25. The van der Waals surface area contributed by atoms with E-state index < -0.39 is 0 Å². The van der Waals surface area contributed by atoms with Crippen molar-refractivity contribution in [1.82, 2.24) is 14.3 Å². The number of rotatable bonds is 6. The Morgan fingerprint density at radius 2 is 1.71 bits per heavy atom. The van der Waals surface area contributed by atoms with Gasteiger partial charge in [0.2, 0.25) is 5.13 Å². The molecule has 6 heteroatoms. The van der Waals surface area contributed by atoms with Gasteiger partial charge in [-0.05, 0) is 42.2 Å². The summed E-state index contributed by atoms with van der Waals surface area (Å²) in [6, 6.07) is 16.7. The minimum Gasteiger partial charge on any atom is -0.344 e. The molecule has 0 atom stereocenters. The van der Waals surface area contributed by atoms with Gasteiger partial charge in [-0.15, -0.1) is 0 Å². The molecular formula is C22H25ClN4S. The third kappa shape index (κ3) is 4.90. The summed E-state index contributed by atoms with van der Waals surface area (Å²) in [4.78, 5) is 9.68. The first-order valence-corrected chi connectivity index (χ1v) is 10.9. The van der Waals surface area contributed by atoms with E-state index in [0.29, 0.717) is 0 Å². The molecule has 0 N–H and O–H groups in total. The van der Waals surface area contributed by atoms with Crippen molar-refractivity contribution in [3.63, 3.8) is 0 Å². The summed E-state index contributed by atoms with van der Waals surface area (Å²) >= 11 is 7.48. The van der Waals surface area contributed by atoms with E-state index in [1.165, 1.54) is 28.2 Å². The molecule has 2 aromatic carbocycles. The monoisotopic (exact) mass is 412 g/mol. The van der Waals surface area contributed by atoms with Crippen LogP contribution in [0.5, 0.6) is 0 Å². The zero-order valence-corrected chi connectivity index (χ0v) is 17.7. The second-order valence-corrected chi connectivity index (χ2v) is 8.48. The van der Waals surface area contributed by atoms with Gasteiger partial charge in [0.15, 0.2) is 0 Å². The Hall–Kier alpha value is -1.95. The van der Waals surface area contributed by atoms with Crippen LogP contribution in [-0.4, -0.2) is 40.4 Å². The predicted octanol–water partition coefficient (Wildman–Crippen LogP) is 4.61. The highest BCUT2D eigenvalue weighted by Gasteiger charge is 2.20. The van der Waals surface area contributed by atoms with Gasteiger partial charge in [-0.2, -0.15) is 4.37 Å². The number of hydrogen-bond acceptors (Lipinski definition) is 5. The molecule has 1 aromatic heterocycles. The van der Waals surface area contributed by atoms with E-state index in [1.807, 2.05) is 12.1 Å². The highest BCUT2D eigenvalue weighted by atomic mass is 35.5. The summed E-state index contributed by atoms with van der Waals surface area (Å²) in [5, 5.41) is 1.83. The second kappa shape index (κ2) is 9.03. The van der Waals surface area contributed by atoms with Crippen molar-refractivity contribution < 1.29 is 0 Å². The molecule has 146 valence electrons. The van der Waals surface area contributed by atoms with Crippen LogP contribution < -0.4 is 4.90 Å². The first-order valence-electron chi connectivity index (χ1n) is 9.76. The molecule has 0 amide bonds. The summed E-state index contributed by atoms with van der Waals surface area (Å²) in [5.41, 5.74) is 4.07. The van der Waals surface area contributed by atoms with E-state index >= 15 is 0 Å². The molecule has 1 aliphatic rings. The molecule has 0 spiro atoms. The maximum Gasteiger partial charge on any atom is 0.205 e. The van der Waals surface area contributed by atoms with E-state index in [-0.39, 0.29) is 0 Å². The van der Waals surface area contributed by atoms with Crippen molar-refractivity contribution in [3.8, 4) is 0 Å². The van der Waals surface area contributed by atoms with Crippen molar-refractivity contribution in [2.45, 2.75) is 26.3 Å². The number of benzene rings is 2. The number of halogens is 1. The van der Waals surface area contributed by atoms with Gasteiger partial charge in [-0.3, -0.25) is 4.90 Å². The van der Waals surface area contributed by atoms with Crippen LogP contribution in [0.1, 0.15) is 22.5 Å². The summed E-state index contributed by atoms with van der Waals surface area (Å²) in [7, 11) is 0. The minimum atomic E-state index is 0.777. The number of anilines is 1. The van der Waals surface area contributed by atoms with E-state index in [4.69, 9.17) is 16.6 Å². The van der Waals surface area contributed by atoms with E-state index in [1.54, 1.807) is 0 Å². The predicted molar refractivity (Wildman–Crippen MR) is 117 cm³/mol. The molecule has 0 saturated carbocycles. The van der Waals surface area contributed by atoms with Gasteiger partial charge < -0.3 is 4.90 Å². The molecule has 0 aliphatic carbocycles. The lowest BCUT2D eigenvalue weighted by atomic mass is 10.1. The molecule has 0 radical (unpaired) electrons. The summed E-state index contributed by atoms with van der Waals surface area (Å²) in [5.74, 6) is 0.942. The summed E-state index contributed by atoms with van der Waals surface area (Å²) < 4.78 is 4.57. The molecular weight excluding hydrogens is 388 g/mol. The molecule has 0 unspecified atom stereocenters. The van der Waals surface area contributed by atoms with Crippen molar-refractivity contribution in [2.24, 2.45) is 0 Å². The number of nitrogens with zero attached hydrogens (tertiary/aromatic N) is 4. The van der Waals surface area contributed by atoms with Gasteiger partial charge in [-0.25, -0.2) is 4.98 Å². The van der Waals surface area contributed by atoms with Crippen LogP contribution in [0.15, 0.2) is 48.5 Å². The Morgan fingerprint density at radius 1 is 0.964 bits per heavy atom. The van der Waals surface area contributed by atoms with Gasteiger partial charge in [-0.1, -0.05) is 48.0 Å². The van der Waals surface area contributed by atoms with Crippen LogP contribution in [0.25, 0.3) is 0 Å². The molecule has 0 bridgehead atoms. The number of aryl methyl sites for hydroxylation is 3. The smallest absolute Gasteiger partial charge is 0.205 e. The van der Waals surface area contributed by atoms with Crippen LogP contribution in [0.2, 0.25) is 5.02 Å². The molecule has 28 heavy (non-hydrogen) atoms. The first kappa shape index (κ1) is 19.4. The maximum absolute atomic E-state index is 5.95. The topological polar surface area (TPSA) is 32.3 Å². The Bertz CT molecular complexity index is 901. The lowest BCUT2D eigenvalue weighted by Gasteiger charge is -2.34. The number of aromatic nitrogens is 2. The second-order valence-electron chi connectivity index (χ2n) is 7.31. The fourth-order valence-electron chi connectivity index (χ4n) is 3.51. The van der Waals surface area contributed by atoms with Gasteiger partial charge in [0.1, 0.15) is 5.82 Å². The molecule has 1 aliphatic heterocycles. The normalized spacial score (nSPS) is 15.1. The first-order chi connectivity index (χ1) is 13.7. The summed E-state index contributed by atoms with van der Waals surface area (Å²) in [6.45, 7) is 7.37. The fourth-order valence-corrected chi connectivity index (χ4v) is 4.40. The largest absolute Gasteiger partial charge is 0.344 e. The highest BCUT2D eigenvalue weighted by Crippen LogP contribution is 2.21. The average molecular weight is 413 g/mol. The van der Waals surface area contributed by atoms with Crippen LogP contribution >= 0.6 is 23.1 Å². The third-order valence-corrected chi connectivity index (χ3v) is 6.37. The van der Waals surface area contributed by atoms with Crippen molar-refractivity contribution in [2.75, 3.05) is 31.1 Å². The molecule has 3 aromatic rings. The highest BCUT2D eigenvalue weighted by molar-refractivity contribution is 7.09. The Balaban J connectivity index is 1.28. The quantitative estimate of drug-likeness (QED) is 0.591. The van der Waals surface area contributed by atoms with Crippen molar-refractivity contribution >= 4 is 28.3 Å². The van der Waals surface area contributed by atoms with Gasteiger partial charge >= 0.3 is 0 Å². The van der Waals surface area contributed by atoms with E-state index in [2.05, 4.69) is 57.5 Å². The zero-order valence-electron chi connectivity index (χ0n) is 16.1. The molecule has 2 heterocycles. The number of piperazine rings is 1. The minimum absolute atomic E-state index is 0.777. The van der Waals surface area contributed by atoms with E-state index in [9.17, 15) is 0 Å². The Morgan fingerprint density at radius 3 is 2.46 bits per heavy atom. The molecule has 4 rings (SSSR count). The standard InChI is InChI=1S/C22H25ClN4S/c1-17-4-2-3-5-19(17)16-26-12-14-27(15-13-26)22-24-21(25-28-22)11-8-18-6-9-20(23)10-7-18/h2-7,9-10H,8,11-16H2,1H3. The summed E-state index contributed by atoms with van der Waals surface area (Å²) in [6.07, 6.45) is 1.81. The van der Waals surface area contributed by atoms with Gasteiger partial charge in [0.05, 0.1) is 0 Å². The van der Waals surface area contributed by atoms with E-state index in [0.717, 1.165) is 61.5 Å². The molecule has 1 fully saturated rings. The van der Waals surface area contributed by atoms with Crippen molar-refractivity contribution in [1.29, 1.82) is 0 Å². The van der Waals surface area contributed by atoms with Crippen LogP contribution in [-0.2, 0) is 19.4 Å². The zero-order chi connectivity index (χ0) is 19.3. The lowest BCUT2D eigenvalue weighted by molar-refractivity contribution is 0.249. The van der Waals surface area contributed by atoms with Crippen LogP contribution in [0.3, 0.4) is 0 Å². The van der Waals surface area contributed by atoms with Crippen LogP contribution in [0, 0.1) is 6.92 Å². The van der Waals surface area contributed by atoms with Gasteiger partial charge in [0, 0.05) is 55.7 Å². The fraction of sp³-hybridized carbons (Fsp3) is 0.364. The lowest BCUT2D eigenvalue weighted by Crippen LogP contribution is -2.46. The molecule has 4 nitrogen and oxygen atoms in total. The SMILES string of the molecule is Cc1ccccc1CN1CCN(c2nc(CCc3ccc(Cl)cc3)ns2)CC1. The van der Waals surface area contributed by atoms with Crippen molar-refractivity contribution in [3.05, 3.63) is 76.1 Å². The van der Waals surface area contributed by atoms with Gasteiger partial charge in [0.25, 0.3) is 0 Å². The molecule has 1 saturated heterocycles. The average Bonchev–Trinajstić information content (AvgIpc) is 3.19. The number of hydrogen-bond donors (Lipinski definition) is 0. The third-order valence-electron chi connectivity index (χ3n) is 5.31.